The highest BCUT2D eigenvalue weighted by atomic mass is 16.4. The van der Waals surface area contributed by atoms with E-state index in [0.717, 1.165) is 18.4 Å². The summed E-state index contributed by atoms with van der Waals surface area (Å²) in [6.07, 6.45) is 5.02. The van der Waals surface area contributed by atoms with Crippen molar-refractivity contribution in [2.24, 2.45) is 12.8 Å². The van der Waals surface area contributed by atoms with Crippen LogP contribution >= 0.6 is 0 Å². The molecule has 0 bridgehead atoms. The van der Waals surface area contributed by atoms with Crippen LogP contribution in [0, 0.1) is 6.92 Å². The molecule has 0 saturated heterocycles. The minimum absolute atomic E-state index is 0.270. The largest absolute Gasteiger partial charge is 0.440 e. The molecule has 0 radical (unpaired) electrons. The fourth-order valence-corrected chi connectivity index (χ4v) is 2.10. The second-order valence-electron chi connectivity index (χ2n) is 5.58. The van der Waals surface area contributed by atoms with E-state index in [1.54, 1.807) is 24.0 Å². The number of nitrogens with two attached hydrogens (primary N) is 1. The van der Waals surface area contributed by atoms with Crippen molar-refractivity contribution in [3.05, 3.63) is 23.8 Å². The van der Waals surface area contributed by atoms with Crippen LogP contribution in [0.4, 0.5) is 0 Å². The Morgan fingerprint density at radius 3 is 2.68 bits per heavy atom. The van der Waals surface area contributed by atoms with Crippen LogP contribution in [0.5, 0.6) is 0 Å². The molecule has 7 nitrogen and oxygen atoms in total. The lowest BCUT2D eigenvalue weighted by atomic mass is 9.94. The summed E-state index contributed by atoms with van der Waals surface area (Å²) in [5, 5.41) is 6.91. The molecule has 2 rings (SSSR count). The number of hydrogen-bond acceptors (Lipinski definition) is 5. The van der Waals surface area contributed by atoms with Crippen LogP contribution in [0.15, 0.2) is 16.8 Å². The van der Waals surface area contributed by atoms with Crippen molar-refractivity contribution in [3.63, 3.8) is 0 Å². The van der Waals surface area contributed by atoms with E-state index in [4.69, 9.17) is 10.2 Å². The van der Waals surface area contributed by atoms with Crippen molar-refractivity contribution in [2.75, 3.05) is 6.54 Å². The molecule has 0 fully saturated rings. The van der Waals surface area contributed by atoms with E-state index in [1.807, 2.05) is 20.9 Å². The minimum atomic E-state index is -0.389. The second-order valence-corrected chi connectivity index (χ2v) is 5.58. The summed E-state index contributed by atoms with van der Waals surface area (Å²) in [6, 6.07) is 0. The fraction of sp³-hybridized carbons (Fsp3) is 0.533. The number of rotatable bonds is 6. The summed E-state index contributed by atoms with van der Waals surface area (Å²) < 4.78 is 7.22. The third kappa shape index (κ3) is 3.36. The Labute approximate surface area is 129 Å². The minimum Gasteiger partial charge on any atom is -0.440 e. The summed E-state index contributed by atoms with van der Waals surface area (Å²) in [6.45, 7) is 6.15. The van der Waals surface area contributed by atoms with Crippen LogP contribution in [0.1, 0.15) is 42.9 Å². The molecule has 2 aromatic rings. The molecule has 0 aliphatic carbocycles. The topological polar surface area (TPSA) is 99.0 Å². The quantitative estimate of drug-likeness (QED) is 0.845. The summed E-state index contributed by atoms with van der Waals surface area (Å²) in [7, 11) is 1.81. The molecule has 0 aromatic carbocycles. The Balaban J connectivity index is 2.12. The lowest BCUT2D eigenvalue weighted by Crippen LogP contribution is -2.49. The molecule has 0 spiro atoms. The smallest absolute Gasteiger partial charge is 0.273 e. The van der Waals surface area contributed by atoms with Crippen LogP contribution in [0.3, 0.4) is 0 Å². The maximum atomic E-state index is 12.3. The standard InChI is InChI=1S/C15H23N5O2/c1-5-15(16,6-2)9-17-13(21)12-10(3)22-14(19-12)11-7-18-20(4)8-11/h7-8H,5-6,9,16H2,1-4H3,(H,17,21). The number of aryl methyl sites for hydroxylation is 2. The predicted molar refractivity (Wildman–Crippen MR) is 83.3 cm³/mol. The molecular weight excluding hydrogens is 282 g/mol. The normalized spacial score (nSPS) is 11.7. The van der Waals surface area contributed by atoms with Gasteiger partial charge in [-0.2, -0.15) is 5.10 Å². The van der Waals surface area contributed by atoms with Crippen molar-refractivity contribution < 1.29 is 9.21 Å². The van der Waals surface area contributed by atoms with Gasteiger partial charge in [-0.15, -0.1) is 0 Å². The van der Waals surface area contributed by atoms with Crippen LogP contribution in [-0.4, -0.2) is 32.8 Å². The highest BCUT2D eigenvalue weighted by Crippen LogP contribution is 2.21. The second kappa shape index (κ2) is 6.31. The van der Waals surface area contributed by atoms with Gasteiger partial charge < -0.3 is 15.5 Å². The molecule has 3 N–H and O–H groups in total. The number of oxazole rings is 1. The van der Waals surface area contributed by atoms with Crippen LogP contribution in [-0.2, 0) is 7.05 Å². The summed E-state index contributed by atoms with van der Waals surface area (Å²) in [5.41, 5.74) is 6.82. The van der Waals surface area contributed by atoms with Gasteiger partial charge in [-0.3, -0.25) is 9.48 Å². The number of aromatic nitrogens is 3. The van der Waals surface area contributed by atoms with Gasteiger partial charge in [0.15, 0.2) is 5.69 Å². The molecule has 0 atom stereocenters. The molecule has 22 heavy (non-hydrogen) atoms. The van der Waals surface area contributed by atoms with Crippen molar-refractivity contribution in [3.8, 4) is 11.5 Å². The first-order valence-corrected chi connectivity index (χ1v) is 7.42. The number of nitrogens with zero attached hydrogens (tertiary/aromatic N) is 3. The van der Waals surface area contributed by atoms with Crippen molar-refractivity contribution in [1.82, 2.24) is 20.1 Å². The molecule has 1 amide bonds. The van der Waals surface area contributed by atoms with Gasteiger partial charge in [0.25, 0.3) is 5.91 Å². The predicted octanol–water partition coefficient (Wildman–Crippen LogP) is 1.63. The summed E-state index contributed by atoms with van der Waals surface area (Å²) in [5.74, 6) is 0.598. The molecular formula is C15H23N5O2. The first kappa shape index (κ1) is 16.2. The average Bonchev–Trinajstić information content (AvgIpc) is 3.10. The Morgan fingerprint density at radius 1 is 1.45 bits per heavy atom. The lowest BCUT2D eigenvalue weighted by molar-refractivity contribution is 0.0936. The number of carbonyl (C=O) groups is 1. The SMILES string of the molecule is CCC(N)(CC)CNC(=O)c1nc(-c2cnn(C)c2)oc1C. The Bertz CT molecular complexity index is 655. The van der Waals surface area contributed by atoms with Crippen molar-refractivity contribution in [2.45, 2.75) is 39.2 Å². The highest BCUT2D eigenvalue weighted by molar-refractivity contribution is 5.93. The Hall–Kier alpha value is -2.15. The van der Waals surface area contributed by atoms with E-state index in [9.17, 15) is 4.79 Å². The molecule has 2 heterocycles. The van der Waals surface area contributed by atoms with Gasteiger partial charge in [-0.1, -0.05) is 13.8 Å². The van der Waals surface area contributed by atoms with Crippen LogP contribution < -0.4 is 11.1 Å². The van der Waals surface area contributed by atoms with E-state index in [2.05, 4.69) is 15.4 Å². The van der Waals surface area contributed by atoms with Gasteiger partial charge in [-0.05, 0) is 19.8 Å². The maximum Gasteiger partial charge on any atom is 0.273 e. The van der Waals surface area contributed by atoms with Crippen LogP contribution in [0.2, 0.25) is 0 Å². The number of nitrogens with one attached hydrogen (secondary N) is 1. The Morgan fingerprint density at radius 2 is 2.14 bits per heavy atom. The zero-order valence-electron chi connectivity index (χ0n) is 13.5. The first-order chi connectivity index (χ1) is 10.4. The zero-order chi connectivity index (χ0) is 16.3. The lowest BCUT2D eigenvalue weighted by Gasteiger charge is -2.26. The third-order valence-electron chi connectivity index (χ3n) is 3.97. The maximum absolute atomic E-state index is 12.3. The highest BCUT2D eigenvalue weighted by Gasteiger charge is 2.24. The van der Waals surface area contributed by atoms with Gasteiger partial charge in [0, 0.05) is 25.3 Å². The van der Waals surface area contributed by atoms with Crippen molar-refractivity contribution in [1.29, 1.82) is 0 Å². The van der Waals surface area contributed by atoms with E-state index in [0.29, 0.717) is 18.2 Å². The van der Waals surface area contributed by atoms with Gasteiger partial charge in [0.1, 0.15) is 5.76 Å². The van der Waals surface area contributed by atoms with Gasteiger partial charge in [0.2, 0.25) is 5.89 Å². The van der Waals surface area contributed by atoms with E-state index >= 15 is 0 Å². The molecule has 120 valence electrons. The van der Waals surface area contributed by atoms with E-state index in [1.165, 1.54) is 0 Å². The zero-order valence-corrected chi connectivity index (χ0v) is 13.5. The average molecular weight is 305 g/mol. The number of amides is 1. The number of carbonyl (C=O) groups excluding carboxylic acids is 1. The van der Waals surface area contributed by atoms with Gasteiger partial charge >= 0.3 is 0 Å². The van der Waals surface area contributed by atoms with E-state index < -0.39 is 0 Å². The number of hydrogen-bond donors (Lipinski definition) is 2. The van der Waals surface area contributed by atoms with Gasteiger partial charge in [0.05, 0.1) is 11.8 Å². The molecule has 2 aromatic heterocycles. The Kier molecular flexibility index (Phi) is 4.65. The molecule has 0 saturated carbocycles. The molecule has 0 aliphatic heterocycles. The summed E-state index contributed by atoms with van der Waals surface area (Å²) >= 11 is 0. The summed E-state index contributed by atoms with van der Waals surface area (Å²) in [4.78, 5) is 16.6. The molecule has 7 heteroatoms. The van der Waals surface area contributed by atoms with E-state index in [-0.39, 0.29) is 17.1 Å². The molecule has 0 unspecified atom stereocenters. The van der Waals surface area contributed by atoms with Crippen LogP contribution in [0.25, 0.3) is 11.5 Å². The van der Waals surface area contributed by atoms with Crippen molar-refractivity contribution >= 4 is 5.91 Å². The first-order valence-electron chi connectivity index (χ1n) is 7.42. The third-order valence-corrected chi connectivity index (χ3v) is 3.97. The monoisotopic (exact) mass is 305 g/mol. The molecule has 0 aliphatic rings. The fourth-order valence-electron chi connectivity index (χ4n) is 2.10. The van der Waals surface area contributed by atoms with Gasteiger partial charge in [-0.25, -0.2) is 4.98 Å².